The Morgan fingerprint density at radius 2 is 1.64 bits per heavy atom. The van der Waals surface area contributed by atoms with Crippen molar-refractivity contribution in [2.75, 3.05) is 12.4 Å². The van der Waals surface area contributed by atoms with Gasteiger partial charge in [0.05, 0.1) is 7.11 Å². The summed E-state index contributed by atoms with van der Waals surface area (Å²) in [6.07, 6.45) is 1.50. The third-order valence-corrected chi connectivity index (χ3v) is 4.29. The lowest BCUT2D eigenvalue weighted by molar-refractivity contribution is 0.101. The van der Waals surface area contributed by atoms with Crippen molar-refractivity contribution in [3.05, 3.63) is 91.0 Å². The van der Waals surface area contributed by atoms with E-state index in [1.807, 2.05) is 78.9 Å². The Balaban J connectivity index is 1.60. The van der Waals surface area contributed by atoms with Crippen LogP contribution in [-0.2, 0) is 0 Å². The van der Waals surface area contributed by atoms with Crippen LogP contribution >= 0.6 is 0 Å². The van der Waals surface area contributed by atoms with Crippen LogP contribution in [0.15, 0.2) is 85.2 Å². The van der Waals surface area contributed by atoms with Gasteiger partial charge in [-0.05, 0) is 23.8 Å². The molecule has 0 atom stereocenters. The zero-order valence-corrected chi connectivity index (χ0v) is 15.2. The Hall–Kier alpha value is -3.93. The van der Waals surface area contributed by atoms with Crippen LogP contribution in [-0.4, -0.2) is 27.8 Å². The van der Waals surface area contributed by atoms with E-state index in [0.29, 0.717) is 17.1 Å². The first-order valence-corrected chi connectivity index (χ1v) is 8.77. The normalized spacial score (nSPS) is 10.5. The molecule has 0 radical (unpaired) electrons. The van der Waals surface area contributed by atoms with Gasteiger partial charge in [-0.2, -0.15) is 0 Å². The van der Waals surface area contributed by atoms with E-state index >= 15 is 0 Å². The minimum Gasteiger partial charge on any atom is -0.494 e. The number of aromatic nitrogens is 3. The van der Waals surface area contributed by atoms with Crippen LogP contribution in [0, 0.1) is 0 Å². The van der Waals surface area contributed by atoms with E-state index < -0.39 is 0 Å². The first-order chi connectivity index (χ1) is 13.8. The average molecular weight is 370 g/mol. The van der Waals surface area contributed by atoms with Crippen molar-refractivity contribution in [3.8, 4) is 22.6 Å². The van der Waals surface area contributed by atoms with Gasteiger partial charge in [0.2, 0.25) is 5.82 Å². The van der Waals surface area contributed by atoms with Gasteiger partial charge in [0.25, 0.3) is 5.91 Å². The summed E-state index contributed by atoms with van der Waals surface area (Å²) < 4.78 is 6.87. The molecule has 4 rings (SSSR count). The molecular weight excluding hydrogens is 352 g/mol. The summed E-state index contributed by atoms with van der Waals surface area (Å²) in [5, 5.41) is 7.21. The minimum absolute atomic E-state index is 0.0776. The van der Waals surface area contributed by atoms with Gasteiger partial charge >= 0.3 is 0 Å². The topological polar surface area (TPSA) is 69.0 Å². The van der Waals surface area contributed by atoms with Crippen molar-refractivity contribution in [1.82, 2.24) is 14.8 Å². The zero-order chi connectivity index (χ0) is 19.3. The molecule has 0 saturated heterocycles. The Labute approximate surface area is 162 Å². The van der Waals surface area contributed by atoms with Crippen molar-refractivity contribution in [2.45, 2.75) is 0 Å². The van der Waals surface area contributed by atoms with Crippen LogP contribution in [0.3, 0.4) is 0 Å². The highest BCUT2D eigenvalue weighted by Gasteiger charge is 2.15. The van der Waals surface area contributed by atoms with E-state index in [0.717, 1.165) is 11.1 Å². The van der Waals surface area contributed by atoms with Gasteiger partial charge in [-0.3, -0.25) is 4.79 Å². The molecule has 1 amide bonds. The molecule has 1 N–H and O–H groups in total. The quantitative estimate of drug-likeness (QED) is 0.572. The molecule has 28 heavy (non-hydrogen) atoms. The molecule has 1 aromatic heterocycles. The summed E-state index contributed by atoms with van der Waals surface area (Å²) >= 11 is 0. The van der Waals surface area contributed by atoms with Crippen LogP contribution in [0.1, 0.15) is 10.6 Å². The van der Waals surface area contributed by atoms with E-state index in [4.69, 9.17) is 4.74 Å². The van der Waals surface area contributed by atoms with E-state index in [1.54, 1.807) is 7.11 Å². The second-order valence-corrected chi connectivity index (χ2v) is 6.05. The van der Waals surface area contributed by atoms with Gasteiger partial charge in [0, 0.05) is 11.3 Å². The number of carbonyl (C=O) groups is 1. The van der Waals surface area contributed by atoms with Gasteiger partial charge < -0.3 is 10.1 Å². The summed E-state index contributed by atoms with van der Waals surface area (Å²) in [5.74, 6) is 0.347. The molecule has 0 fully saturated rings. The molecule has 0 bridgehead atoms. The monoisotopic (exact) mass is 370 g/mol. The first-order valence-electron chi connectivity index (χ1n) is 8.77. The number of ether oxygens (including phenoxy) is 1. The number of amides is 1. The van der Waals surface area contributed by atoms with E-state index in [1.165, 1.54) is 11.0 Å². The molecular formula is C22H18N4O2. The molecule has 3 aromatic carbocycles. The Kier molecular flexibility index (Phi) is 4.84. The Morgan fingerprint density at radius 1 is 0.929 bits per heavy atom. The average Bonchev–Trinajstić information content (AvgIpc) is 3.25. The zero-order valence-electron chi connectivity index (χ0n) is 15.2. The first kappa shape index (κ1) is 17.5. The summed E-state index contributed by atoms with van der Waals surface area (Å²) in [5.41, 5.74) is 3.36. The number of hydrogen-bond acceptors (Lipinski definition) is 4. The van der Waals surface area contributed by atoms with Crippen molar-refractivity contribution in [1.29, 1.82) is 0 Å². The molecule has 0 saturated carbocycles. The molecule has 6 nitrogen and oxygen atoms in total. The van der Waals surface area contributed by atoms with Gasteiger partial charge in [-0.15, -0.1) is 5.10 Å². The van der Waals surface area contributed by atoms with Crippen LogP contribution in [0.5, 0.6) is 5.75 Å². The van der Waals surface area contributed by atoms with E-state index in [-0.39, 0.29) is 11.7 Å². The molecule has 0 spiro atoms. The molecule has 0 unspecified atom stereocenters. The van der Waals surface area contributed by atoms with E-state index in [9.17, 15) is 4.79 Å². The lowest BCUT2D eigenvalue weighted by atomic mass is 10.0. The SMILES string of the molecule is COc1ccccc1-n1cnc(C(=O)Nc2ccccc2-c2ccccc2)n1. The molecule has 0 aliphatic carbocycles. The second kappa shape index (κ2) is 7.75. The largest absolute Gasteiger partial charge is 0.494 e. The molecule has 4 aromatic rings. The van der Waals surface area contributed by atoms with E-state index in [2.05, 4.69) is 15.4 Å². The lowest BCUT2D eigenvalue weighted by Gasteiger charge is -2.10. The summed E-state index contributed by atoms with van der Waals surface area (Å²) in [4.78, 5) is 16.9. The maximum Gasteiger partial charge on any atom is 0.295 e. The lowest BCUT2D eigenvalue weighted by Crippen LogP contribution is -2.15. The predicted molar refractivity (Wildman–Crippen MR) is 108 cm³/mol. The van der Waals surface area contributed by atoms with Crippen LogP contribution < -0.4 is 10.1 Å². The Morgan fingerprint density at radius 3 is 2.46 bits per heavy atom. The predicted octanol–water partition coefficient (Wildman–Crippen LogP) is 4.20. The molecule has 0 aliphatic heterocycles. The minimum atomic E-state index is -0.378. The number of methoxy groups -OCH3 is 1. The highest BCUT2D eigenvalue weighted by Crippen LogP contribution is 2.28. The van der Waals surface area contributed by atoms with Crippen molar-refractivity contribution < 1.29 is 9.53 Å². The third-order valence-electron chi connectivity index (χ3n) is 4.29. The van der Waals surface area contributed by atoms with Crippen LogP contribution in [0.2, 0.25) is 0 Å². The maximum absolute atomic E-state index is 12.7. The van der Waals surface area contributed by atoms with Gasteiger partial charge in [0.1, 0.15) is 17.8 Å². The number of carbonyl (C=O) groups excluding carboxylic acids is 1. The third kappa shape index (κ3) is 3.48. The molecule has 138 valence electrons. The van der Waals surface area contributed by atoms with Crippen molar-refractivity contribution in [2.24, 2.45) is 0 Å². The van der Waals surface area contributed by atoms with Crippen molar-refractivity contribution in [3.63, 3.8) is 0 Å². The fraction of sp³-hybridized carbons (Fsp3) is 0.0455. The molecule has 0 aliphatic rings. The summed E-state index contributed by atoms with van der Waals surface area (Å²) in [6.45, 7) is 0. The highest BCUT2D eigenvalue weighted by atomic mass is 16.5. The number of anilines is 1. The van der Waals surface area contributed by atoms with Gasteiger partial charge in [-0.25, -0.2) is 9.67 Å². The van der Waals surface area contributed by atoms with Crippen LogP contribution in [0.25, 0.3) is 16.8 Å². The highest BCUT2D eigenvalue weighted by molar-refractivity contribution is 6.03. The van der Waals surface area contributed by atoms with Gasteiger partial charge in [-0.1, -0.05) is 60.7 Å². The number of para-hydroxylation sites is 3. The number of rotatable bonds is 5. The van der Waals surface area contributed by atoms with Gasteiger partial charge in [0.15, 0.2) is 0 Å². The van der Waals surface area contributed by atoms with Crippen molar-refractivity contribution >= 4 is 11.6 Å². The standard InChI is InChI=1S/C22H18N4O2/c1-28-20-14-8-7-13-19(20)26-15-23-21(25-26)22(27)24-18-12-6-5-11-17(18)16-9-3-2-4-10-16/h2-15H,1H3,(H,24,27). The number of benzene rings is 3. The number of nitrogens with one attached hydrogen (secondary N) is 1. The second-order valence-electron chi connectivity index (χ2n) is 6.05. The number of hydrogen-bond donors (Lipinski definition) is 1. The molecule has 6 heteroatoms. The fourth-order valence-corrected chi connectivity index (χ4v) is 2.94. The Bertz CT molecular complexity index is 1110. The fourth-order valence-electron chi connectivity index (χ4n) is 2.94. The summed E-state index contributed by atoms with van der Waals surface area (Å²) in [7, 11) is 1.59. The molecule has 1 heterocycles. The van der Waals surface area contributed by atoms with Crippen LogP contribution in [0.4, 0.5) is 5.69 Å². The number of nitrogens with zero attached hydrogens (tertiary/aromatic N) is 3. The smallest absolute Gasteiger partial charge is 0.295 e. The summed E-state index contributed by atoms with van der Waals surface area (Å²) in [6, 6.07) is 24.9. The maximum atomic E-state index is 12.7.